The van der Waals surface area contributed by atoms with Crippen molar-refractivity contribution in [3.05, 3.63) is 58.5 Å². The second-order valence-electron chi connectivity index (χ2n) is 6.21. The molecule has 0 radical (unpaired) electrons. The van der Waals surface area contributed by atoms with E-state index in [9.17, 15) is 9.90 Å². The SMILES string of the molecule is O=C(c1cc(Br)ccc1O)N1CCC(c2nnc3ccccn23)CC1. The van der Waals surface area contributed by atoms with Gasteiger partial charge in [0.05, 0.1) is 5.56 Å². The number of carbonyl (C=O) groups excluding carboxylic acids is 1. The van der Waals surface area contributed by atoms with Crippen LogP contribution in [0.15, 0.2) is 47.1 Å². The van der Waals surface area contributed by atoms with Crippen molar-refractivity contribution in [3.63, 3.8) is 0 Å². The summed E-state index contributed by atoms with van der Waals surface area (Å²) in [4.78, 5) is 14.5. The zero-order valence-corrected chi connectivity index (χ0v) is 15.1. The number of aromatic hydroxyl groups is 1. The van der Waals surface area contributed by atoms with Gasteiger partial charge in [0.15, 0.2) is 5.65 Å². The van der Waals surface area contributed by atoms with Crippen molar-refractivity contribution in [2.45, 2.75) is 18.8 Å². The number of hydrogen-bond acceptors (Lipinski definition) is 4. The highest BCUT2D eigenvalue weighted by Crippen LogP contribution is 2.29. The highest BCUT2D eigenvalue weighted by atomic mass is 79.9. The number of piperidine rings is 1. The van der Waals surface area contributed by atoms with Gasteiger partial charge in [-0.15, -0.1) is 10.2 Å². The standard InChI is InChI=1S/C18H17BrN4O2/c19-13-4-5-15(24)14(11-13)18(25)22-9-6-12(7-10-22)17-21-20-16-3-1-2-8-23(16)17/h1-5,8,11-12,24H,6-7,9-10H2. The normalized spacial score (nSPS) is 15.6. The van der Waals surface area contributed by atoms with Crippen LogP contribution in [0.4, 0.5) is 0 Å². The molecule has 6 nitrogen and oxygen atoms in total. The molecular formula is C18H17BrN4O2. The minimum Gasteiger partial charge on any atom is -0.507 e. The maximum Gasteiger partial charge on any atom is 0.257 e. The van der Waals surface area contributed by atoms with Crippen LogP contribution in [0.25, 0.3) is 5.65 Å². The number of nitrogens with zero attached hydrogens (tertiary/aromatic N) is 4. The lowest BCUT2D eigenvalue weighted by Gasteiger charge is -2.31. The molecular weight excluding hydrogens is 384 g/mol. The van der Waals surface area contributed by atoms with Gasteiger partial charge in [-0.05, 0) is 43.2 Å². The number of phenolic OH excluding ortho intramolecular Hbond substituents is 1. The molecule has 1 saturated heterocycles. The van der Waals surface area contributed by atoms with Gasteiger partial charge >= 0.3 is 0 Å². The number of benzene rings is 1. The van der Waals surface area contributed by atoms with E-state index in [2.05, 4.69) is 26.1 Å². The van der Waals surface area contributed by atoms with Crippen molar-refractivity contribution in [2.24, 2.45) is 0 Å². The molecule has 1 amide bonds. The molecule has 0 bridgehead atoms. The molecule has 25 heavy (non-hydrogen) atoms. The monoisotopic (exact) mass is 400 g/mol. The fourth-order valence-corrected chi connectivity index (χ4v) is 3.69. The Morgan fingerprint density at radius 1 is 1.16 bits per heavy atom. The van der Waals surface area contributed by atoms with E-state index in [0.29, 0.717) is 18.7 Å². The molecule has 1 aromatic carbocycles. The van der Waals surface area contributed by atoms with E-state index in [4.69, 9.17) is 0 Å². The average molecular weight is 401 g/mol. The fraction of sp³-hybridized carbons (Fsp3) is 0.278. The minimum absolute atomic E-state index is 0.0128. The highest BCUT2D eigenvalue weighted by molar-refractivity contribution is 9.10. The smallest absolute Gasteiger partial charge is 0.257 e. The summed E-state index contributed by atoms with van der Waals surface area (Å²) in [5, 5.41) is 18.5. The number of aromatic nitrogens is 3. The lowest BCUT2D eigenvalue weighted by atomic mass is 9.95. The Morgan fingerprint density at radius 2 is 1.96 bits per heavy atom. The Bertz CT molecular complexity index is 932. The zero-order valence-electron chi connectivity index (χ0n) is 13.5. The van der Waals surface area contributed by atoms with Crippen LogP contribution in [0.1, 0.15) is 34.9 Å². The molecule has 128 valence electrons. The molecule has 3 heterocycles. The third-order valence-electron chi connectivity index (χ3n) is 4.68. The maximum atomic E-state index is 12.7. The zero-order chi connectivity index (χ0) is 17.4. The number of phenols is 1. The first-order valence-electron chi connectivity index (χ1n) is 8.21. The number of fused-ring (bicyclic) bond motifs is 1. The Morgan fingerprint density at radius 3 is 2.76 bits per heavy atom. The van der Waals surface area contributed by atoms with E-state index in [-0.39, 0.29) is 17.6 Å². The van der Waals surface area contributed by atoms with Crippen molar-refractivity contribution in [2.75, 3.05) is 13.1 Å². The Balaban J connectivity index is 1.50. The van der Waals surface area contributed by atoms with E-state index in [1.165, 1.54) is 6.07 Å². The van der Waals surface area contributed by atoms with Crippen molar-refractivity contribution < 1.29 is 9.90 Å². The van der Waals surface area contributed by atoms with Crippen molar-refractivity contribution >= 4 is 27.5 Å². The van der Waals surface area contributed by atoms with Crippen molar-refractivity contribution in [1.29, 1.82) is 0 Å². The predicted octanol–water partition coefficient (Wildman–Crippen LogP) is 3.22. The first-order valence-corrected chi connectivity index (χ1v) is 9.00. The summed E-state index contributed by atoms with van der Waals surface area (Å²) in [7, 11) is 0. The molecule has 1 aliphatic heterocycles. The molecule has 0 saturated carbocycles. The van der Waals surface area contributed by atoms with Crippen molar-refractivity contribution in [3.8, 4) is 5.75 Å². The van der Waals surface area contributed by atoms with Gasteiger partial charge in [-0.2, -0.15) is 0 Å². The van der Waals surface area contributed by atoms with Crippen LogP contribution >= 0.6 is 15.9 Å². The lowest BCUT2D eigenvalue weighted by molar-refractivity contribution is 0.0708. The second-order valence-corrected chi connectivity index (χ2v) is 7.13. The summed E-state index contributed by atoms with van der Waals surface area (Å²) in [6.45, 7) is 1.27. The van der Waals surface area contributed by atoms with E-state index in [1.807, 2.05) is 28.8 Å². The number of hydrogen-bond donors (Lipinski definition) is 1. The van der Waals surface area contributed by atoms with Crippen LogP contribution in [-0.2, 0) is 0 Å². The van der Waals surface area contributed by atoms with Gasteiger partial charge in [-0.3, -0.25) is 9.20 Å². The topological polar surface area (TPSA) is 70.7 Å². The quantitative estimate of drug-likeness (QED) is 0.716. The number of pyridine rings is 1. The van der Waals surface area contributed by atoms with E-state index < -0.39 is 0 Å². The van der Waals surface area contributed by atoms with Crippen LogP contribution in [0.2, 0.25) is 0 Å². The van der Waals surface area contributed by atoms with Gasteiger partial charge < -0.3 is 10.0 Å². The molecule has 0 spiro atoms. The summed E-state index contributed by atoms with van der Waals surface area (Å²) in [6, 6.07) is 10.8. The third kappa shape index (κ3) is 3.00. The molecule has 0 unspecified atom stereocenters. The Labute approximate surface area is 153 Å². The van der Waals surface area contributed by atoms with E-state index in [1.54, 1.807) is 17.0 Å². The highest BCUT2D eigenvalue weighted by Gasteiger charge is 2.28. The molecule has 3 aromatic rings. The van der Waals surface area contributed by atoms with Gasteiger partial charge in [0.1, 0.15) is 11.6 Å². The Kier molecular flexibility index (Phi) is 4.17. The van der Waals surface area contributed by atoms with Gasteiger partial charge in [-0.1, -0.05) is 22.0 Å². The molecule has 0 atom stereocenters. The summed E-state index contributed by atoms with van der Waals surface area (Å²) < 4.78 is 2.79. The summed E-state index contributed by atoms with van der Waals surface area (Å²) in [5.41, 5.74) is 1.18. The van der Waals surface area contributed by atoms with Gasteiger partial charge in [0.2, 0.25) is 0 Å². The van der Waals surface area contributed by atoms with Gasteiger partial charge in [0.25, 0.3) is 5.91 Å². The van der Waals surface area contributed by atoms with Gasteiger partial charge in [-0.25, -0.2) is 0 Å². The molecule has 2 aromatic heterocycles. The average Bonchev–Trinajstić information content (AvgIpc) is 3.07. The van der Waals surface area contributed by atoms with Crippen LogP contribution in [-0.4, -0.2) is 43.6 Å². The van der Waals surface area contributed by atoms with Gasteiger partial charge in [0, 0.05) is 29.7 Å². The van der Waals surface area contributed by atoms with Crippen LogP contribution in [0, 0.1) is 0 Å². The number of likely N-dealkylation sites (tertiary alicyclic amines) is 1. The first-order chi connectivity index (χ1) is 12.1. The van der Waals surface area contributed by atoms with Crippen LogP contribution < -0.4 is 0 Å². The molecule has 1 fully saturated rings. The first kappa shape index (κ1) is 16.1. The molecule has 1 aliphatic rings. The molecule has 4 rings (SSSR count). The van der Waals surface area contributed by atoms with Crippen LogP contribution in [0.5, 0.6) is 5.75 Å². The minimum atomic E-state index is -0.136. The summed E-state index contributed by atoms with van der Waals surface area (Å²) >= 11 is 3.35. The third-order valence-corrected chi connectivity index (χ3v) is 5.17. The lowest BCUT2D eigenvalue weighted by Crippen LogP contribution is -2.38. The number of amides is 1. The number of carbonyl (C=O) groups is 1. The van der Waals surface area contributed by atoms with E-state index >= 15 is 0 Å². The van der Waals surface area contributed by atoms with Crippen molar-refractivity contribution in [1.82, 2.24) is 19.5 Å². The van der Waals surface area contributed by atoms with E-state index in [0.717, 1.165) is 28.8 Å². The molecule has 0 aliphatic carbocycles. The summed E-state index contributed by atoms with van der Waals surface area (Å²) in [6.07, 6.45) is 3.63. The number of rotatable bonds is 2. The Hall–Kier alpha value is -2.41. The fourth-order valence-electron chi connectivity index (χ4n) is 3.33. The predicted molar refractivity (Wildman–Crippen MR) is 96.7 cm³/mol. The summed E-state index contributed by atoms with van der Waals surface area (Å²) in [5.74, 6) is 1.10. The maximum absolute atomic E-state index is 12.7. The molecule has 7 heteroatoms. The second kappa shape index (κ2) is 6.48. The largest absolute Gasteiger partial charge is 0.507 e. The molecule has 1 N–H and O–H groups in total. The van der Waals surface area contributed by atoms with Crippen LogP contribution in [0.3, 0.4) is 0 Å². The number of halogens is 1.